The summed E-state index contributed by atoms with van der Waals surface area (Å²) in [5.41, 5.74) is 8.33. The number of hydrogen-bond acceptors (Lipinski definition) is 6. The Balaban J connectivity index is 2.47. The van der Waals surface area contributed by atoms with Crippen molar-refractivity contribution in [3.8, 4) is 12.1 Å². The molecule has 7 nitrogen and oxygen atoms in total. The van der Waals surface area contributed by atoms with Gasteiger partial charge in [-0.25, -0.2) is 4.68 Å². The smallest absolute Gasteiger partial charge is 0.140 e. The summed E-state index contributed by atoms with van der Waals surface area (Å²) in [6.45, 7) is 0.00450. The van der Waals surface area contributed by atoms with Gasteiger partial charge in [0.1, 0.15) is 29.2 Å². The van der Waals surface area contributed by atoms with Crippen LogP contribution in [0, 0.1) is 22.7 Å². The maximum atomic E-state index is 9.46. The molecule has 2 aromatic rings. The lowest BCUT2D eigenvalue weighted by Gasteiger charge is -2.11. The summed E-state index contributed by atoms with van der Waals surface area (Å²) in [4.78, 5) is 1.98. The Hall–Kier alpha value is -3.29. The maximum Gasteiger partial charge on any atom is 0.140 e. The van der Waals surface area contributed by atoms with Gasteiger partial charge < -0.3 is 15.7 Å². The van der Waals surface area contributed by atoms with Crippen LogP contribution in [0.5, 0.6) is 0 Å². The van der Waals surface area contributed by atoms with Crippen molar-refractivity contribution in [1.82, 2.24) is 9.78 Å². The summed E-state index contributed by atoms with van der Waals surface area (Å²) in [5.74, 6) is 0.144. The summed E-state index contributed by atoms with van der Waals surface area (Å²) < 4.78 is 1.33. The topological polar surface area (TPSA) is 115 Å². The number of hydrogen-bond donors (Lipinski definition) is 2. The molecule has 1 heterocycles. The molecule has 0 aliphatic heterocycles. The van der Waals surface area contributed by atoms with Crippen molar-refractivity contribution in [2.75, 3.05) is 31.3 Å². The summed E-state index contributed by atoms with van der Waals surface area (Å²) in [6, 6.07) is 11.7. The molecule has 7 heteroatoms. The van der Waals surface area contributed by atoms with E-state index in [2.05, 4.69) is 11.2 Å². The zero-order valence-corrected chi connectivity index (χ0v) is 13.6. The molecule has 0 saturated carbocycles. The van der Waals surface area contributed by atoms with Gasteiger partial charge in [0, 0.05) is 19.8 Å². The number of aliphatic hydroxyl groups is 1. The van der Waals surface area contributed by atoms with Crippen molar-refractivity contribution < 1.29 is 5.11 Å². The number of allylic oxidation sites excluding steroid dienone is 1. The third-order valence-corrected chi connectivity index (χ3v) is 3.51. The third kappa shape index (κ3) is 3.37. The number of anilines is 2. The molecule has 0 spiro atoms. The Labute approximate surface area is 140 Å². The van der Waals surface area contributed by atoms with Gasteiger partial charge in [0.2, 0.25) is 0 Å². The van der Waals surface area contributed by atoms with Crippen molar-refractivity contribution in [1.29, 1.82) is 10.5 Å². The van der Waals surface area contributed by atoms with E-state index in [-0.39, 0.29) is 35.8 Å². The van der Waals surface area contributed by atoms with Crippen molar-refractivity contribution in [2.24, 2.45) is 0 Å². The first kappa shape index (κ1) is 17.1. The van der Waals surface area contributed by atoms with Crippen molar-refractivity contribution in [3.05, 3.63) is 41.1 Å². The van der Waals surface area contributed by atoms with Crippen molar-refractivity contribution >= 4 is 23.2 Å². The highest BCUT2D eigenvalue weighted by molar-refractivity contribution is 5.91. The molecule has 0 saturated heterocycles. The predicted octanol–water partition coefficient (Wildman–Crippen LogP) is 1.46. The van der Waals surface area contributed by atoms with E-state index in [4.69, 9.17) is 10.8 Å². The highest BCUT2D eigenvalue weighted by atomic mass is 16.3. The number of nitrogens with zero attached hydrogens (tertiary/aromatic N) is 5. The van der Waals surface area contributed by atoms with Crippen LogP contribution in [0.3, 0.4) is 0 Å². The van der Waals surface area contributed by atoms with Gasteiger partial charge in [-0.2, -0.15) is 15.6 Å². The van der Waals surface area contributed by atoms with Crippen LogP contribution in [0.1, 0.15) is 16.8 Å². The van der Waals surface area contributed by atoms with Gasteiger partial charge in [0.15, 0.2) is 0 Å². The first-order valence-electron chi connectivity index (χ1n) is 7.28. The monoisotopic (exact) mass is 322 g/mol. The highest BCUT2D eigenvalue weighted by Crippen LogP contribution is 2.25. The molecule has 0 aliphatic rings. The second-order valence-corrected chi connectivity index (χ2v) is 5.32. The van der Waals surface area contributed by atoms with Crippen LogP contribution in [0.25, 0.3) is 11.6 Å². The second kappa shape index (κ2) is 7.32. The molecule has 3 N–H and O–H groups in total. The molecule has 1 aromatic heterocycles. The Morgan fingerprint density at radius 2 is 2.00 bits per heavy atom. The predicted molar refractivity (Wildman–Crippen MR) is 92.7 cm³/mol. The summed E-state index contributed by atoms with van der Waals surface area (Å²) in [6.07, 6.45) is 1.66. The number of nitrogens with two attached hydrogens (primary N) is 1. The Morgan fingerprint density at radius 1 is 1.33 bits per heavy atom. The summed E-state index contributed by atoms with van der Waals surface area (Å²) >= 11 is 0. The molecule has 0 atom stereocenters. The molecule has 0 aliphatic carbocycles. The average molecular weight is 322 g/mol. The van der Waals surface area contributed by atoms with Crippen molar-refractivity contribution in [3.63, 3.8) is 0 Å². The van der Waals surface area contributed by atoms with Crippen LogP contribution in [0.15, 0.2) is 24.3 Å². The Kier molecular flexibility index (Phi) is 5.20. The third-order valence-electron chi connectivity index (χ3n) is 3.51. The summed E-state index contributed by atoms with van der Waals surface area (Å²) in [7, 11) is 3.89. The summed E-state index contributed by atoms with van der Waals surface area (Å²) in [5, 5.41) is 32.0. The van der Waals surface area contributed by atoms with Gasteiger partial charge >= 0.3 is 0 Å². The molecule has 0 fully saturated rings. The van der Waals surface area contributed by atoms with E-state index in [0.29, 0.717) is 0 Å². The fraction of sp³-hybridized carbons (Fsp3) is 0.235. The standard InChI is InChI=1S/C17H18N6O/c1-22(2)14-5-3-12(4-6-14)9-13(10-18)16-15(11-19)17(20)23(21-16)7-8-24/h3-6,9,24H,7-8,20H2,1-2H3/b13-9-. The van der Waals surface area contributed by atoms with E-state index < -0.39 is 0 Å². The number of benzene rings is 1. The van der Waals surface area contributed by atoms with Crippen molar-refractivity contribution in [2.45, 2.75) is 6.54 Å². The van der Waals surface area contributed by atoms with Crippen LogP contribution in [0.2, 0.25) is 0 Å². The van der Waals surface area contributed by atoms with E-state index in [0.717, 1.165) is 11.3 Å². The molecular weight excluding hydrogens is 304 g/mol. The molecule has 1 aromatic carbocycles. The maximum absolute atomic E-state index is 9.46. The fourth-order valence-electron chi connectivity index (χ4n) is 2.23. The molecule has 0 radical (unpaired) electrons. The van der Waals surface area contributed by atoms with Crippen LogP contribution in [-0.2, 0) is 6.54 Å². The quantitative estimate of drug-likeness (QED) is 0.805. The van der Waals surface area contributed by atoms with Gasteiger partial charge in [0.05, 0.1) is 18.7 Å². The zero-order chi connectivity index (χ0) is 17.7. The van der Waals surface area contributed by atoms with Gasteiger partial charge in [-0.3, -0.25) is 0 Å². The number of aromatic nitrogens is 2. The molecule has 0 bridgehead atoms. The van der Waals surface area contributed by atoms with Gasteiger partial charge in [0.25, 0.3) is 0 Å². The van der Waals surface area contributed by atoms with Crippen LogP contribution in [-0.4, -0.2) is 35.6 Å². The highest BCUT2D eigenvalue weighted by Gasteiger charge is 2.18. The van der Waals surface area contributed by atoms with Crippen LogP contribution < -0.4 is 10.6 Å². The largest absolute Gasteiger partial charge is 0.394 e. The minimum absolute atomic E-state index is 0.140. The Bertz CT molecular complexity index is 834. The van der Waals surface area contributed by atoms with E-state index in [1.54, 1.807) is 6.08 Å². The fourth-order valence-corrected chi connectivity index (χ4v) is 2.23. The molecule has 0 amide bonds. The van der Waals surface area contributed by atoms with E-state index in [1.165, 1.54) is 4.68 Å². The zero-order valence-electron chi connectivity index (χ0n) is 13.6. The SMILES string of the molecule is CN(C)c1ccc(/C=C(/C#N)c2nn(CCO)c(N)c2C#N)cc1. The molecule has 24 heavy (non-hydrogen) atoms. The molecule has 122 valence electrons. The normalized spacial score (nSPS) is 11.0. The minimum Gasteiger partial charge on any atom is -0.394 e. The van der Waals surface area contributed by atoms with E-state index in [1.807, 2.05) is 49.3 Å². The first-order chi connectivity index (χ1) is 11.5. The van der Waals surface area contributed by atoms with E-state index in [9.17, 15) is 10.5 Å². The van der Waals surface area contributed by atoms with E-state index >= 15 is 0 Å². The second-order valence-electron chi connectivity index (χ2n) is 5.32. The van der Waals surface area contributed by atoms with Gasteiger partial charge in [-0.15, -0.1) is 0 Å². The lowest BCUT2D eigenvalue weighted by Crippen LogP contribution is -2.08. The van der Waals surface area contributed by atoms with Crippen LogP contribution in [0.4, 0.5) is 11.5 Å². The number of nitrogen functional groups attached to an aromatic ring is 1. The minimum atomic E-state index is -0.159. The Morgan fingerprint density at radius 3 is 2.50 bits per heavy atom. The molecule has 2 rings (SSSR count). The van der Waals surface area contributed by atoms with Crippen LogP contribution >= 0.6 is 0 Å². The number of aliphatic hydroxyl groups excluding tert-OH is 1. The average Bonchev–Trinajstić information content (AvgIpc) is 2.89. The molecule has 0 unspecified atom stereocenters. The lowest BCUT2D eigenvalue weighted by molar-refractivity contribution is 0.270. The number of nitriles is 2. The molecular formula is C17H18N6O. The van der Waals surface area contributed by atoms with Gasteiger partial charge in [-0.05, 0) is 23.8 Å². The van der Waals surface area contributed by atoms with Gasteiger partial charge in [-0.1, -0.05) is 12.1 Å². The number of rotatable bonds is 5. The lowest BCUT2D eigenvalue weighted by atomic mass is 10.1. The first-order valence-corrected chi connectivity index (χ1v) is 7.28.